The molecule has 0 amide bonds. The van der Waals surface area contributed by atoms with Crippen molar-refractivity contribution in [2.24, 2.45) is 0 Å². The lowest BCUT2D eigenvalue weighted by Crippen LogP contribution is -2.12. The van der Waals surface area contributed by atoms with Crippen LogP contribution in [0.3, 0.4) is 0 Å². The minimum atomic E-state index is -0.541. The third-order valence-electron chi connectivity index (χ3n) is 3.14. The van der Waals surface area contributed by atoms with Gasteiger partial charge in [-0.3, -0.25) is 0 Å². The van der Waals surface area contributed by atoms with Crippen LogP contribution in [0.5, 0.6) is 0 Å². The number of aromatic nitrogens is 3. The predicted molar refractivity (Wildman–Crippen MR) is 75.0 cm³/mol. The third-order valence-corrected chi connectivity index (χ3v) is 3.14. The molecule has 0 aliphatic carbocycles. The fourth-order valence-electron chi connectivity index (χ4n) is 2.34. The highest BCUT2D eigenvalue weighted by molar-refractivity contribution is 5.30. The zero-order valence-electron chi connectivity index (χ0n) is 12.0. The number of nitrogens with zero attached hydrogens (tertiary/aromatic N) is 3. The van der Waals surface area contributed by atoms with Crippen LogP contribution in [0.4, 0.5) is 0 Å². The van der Waals surface area contributed by atoms with Gasteiger partial charge in [-0.25, -0.2) is 9.67 Å². The second-order valence-electron chi connectivity index (χ2n) is 5.36. The van der Waals surface area contributed by atoms with E-state index in [-0.39, 0.29) is 6.04 Å². The van der Waals surface area contributed by atoms with Crippen molar-refractivity contribution in [2.45, 2.75) is 46.3 Å². The molecule has 0 saturated heterocycles. The first-order valence-corrected chi connectivity index (χ1v) is 6.62. The van der Waals surface area contributed by atoms with Crippen molar-refractivity contribution in [1.29, 1.82) is 0 Å². The molecule has 2 aromatic rings. The first kappa shape index (κ1) is 13.7. The monoisotopic (exact) mass is 259 g/mol. The molecule has 1 N–H and O–H groups in total. The molecule has 0 radical (unpaired) electrons. The van der Waals surface area contributed by atoms with Gasteiger partial charge in [-0.05, 0) is 33.3 Å². The van der Waals surface area contributed by atoms with Crippen molar-refractivity contribution in [1.82, 2.24) is 14.8 Å². The highest BCUT2D eigenvalue weighted by Gasteiger charge is 2.15. The van der Waals surface area contributed by atoms with E-state index in [0.717, 1.165) is 11.4 Å². The Kier molecular flexibility index (Phi) is 4.00. The zero-order chi connectivity index (χ0) is 14.0. The van der Waals surface area contributed by atoms with Crippen molar-refractivity contribution in [3.63, 3.8) is 0 Å². The molecule has 0 spiro atoms. The molecule has 0 bridgehead atoms. The van der Waals surface area contributed by atoms with Gasteiger partial charge in [0, 0.05) is 12.5 Å². The van der Waals surface area contributed by atoms with Gasteiger partial charge in [-0.1, -0.05) is 29.3 Å². The maximum atomic E-state index is 10.4. The number of hydrogen-bond acceptors (Lipinski definition) is 3. The largest absolute Gasteiger partial charge is 0.388 e. The van der Waals surface area contributed by atoms with Crippen LogP contribution in [0.25, 0.3) is 0 Å². The van der Waals surface area contributed by atoms with E-state index >= 15 is 0 Å². The van der Waals surface area contributed by atoms with Crippen LogP contribution >= 0.6 is 0 Å². The molecule has 1 heterocycles. The average molecular weight is 259 g/mol. The molecule has 4 nitrogen and oxygen atoms in total. The molecule has 0 saturated carbocycles. The number of aliphatic hydroxyl groups excluding tert-OH is 1. The van der Waals surface area contributed by atoms with E-state index in [4.69, 9.17) is 0 Å². The molecule has 4 heteroatoms. The van der Waals surface area contributed by atoms with E-state index in [2.05, 4.69) is 30.0 Å². The zero-order valence-corrected chi connectivity index (χ0v) is 12.0. The maximum Gasteiger partial charge on any atom is 0.138 e. The van der Waals surface area contributed by atoms with Gasteiger partial charge in [0.15, 0.2) is 0 Å². The van der Waals surface area contributed by atoms with Gasteiger partial charge < -0.3 is 5.11 Å². The normalized spacial score (nSPS) is 12.9. The highest BCUT2D eigenvalue weighted by Crippen LogP contribution is 2.21. The molecule has 1 aromatic carbocycles. The Bertz CT molecular complexity index is 540. The Morgan fingerprint density at radius 2 is 1.79 bits per heavy atom. The van der Waals surface area contributed by atoms with Crippen LogP contribution in [0.15, 0.2) is 24.5 Å². The van der Waals surface area contributed by atoms with Gasteiger partial charge in [0.05, 0.1) is 6.10 Å². The summed E-state index contributed by atoms with van der Waals surface area (Å²) < 4.78 is 1.85. The minimum Gasteiger partial charge on any atom is -0.388 e. The maximum absolute atomic E-state index is 10.4. The van der Waals surface area contributed by atoms with Crippen molar-refractivity contribution >= 4 is 0 Å². The lowest BCUT2D eigenvalue weighted by Gasteiger charge is -2.14. The second-order valence-corrected chi connectivity index (χ2v) is 5.36. The molecule has 2 rings (SSSR count). The van der Waals surface area contributed by atoms with Crippen LogP contribution < -0.4 is 0 Å². The van der Waals surface area contributed by atoms with Crippen molar-refractivity contribution < 1.29 is 5.11 Å². The van der Waals surface area contributed by atoms with E-state index < -0.39 is 6.10 Å². The van der Waals surface area contributed by atoms with Crippen LogP contribution in [0.2, 0.25) is 0 Å². The quantitative estimate of drug-likeness (QED) is 0.918. The van der Waals surface area contributed by atoms with Crippen LogP contribution in [-0.4, -0.2) is 19.9 Å². The van der Waals surface area contributed by atoms with Crippen LogP contribution in [-0.2, 0) is 6.42 Å². The van der Waals surface area contributed by atoms with Crippen molar-refractivity contribution in [3.8, 4) is 0 Å². The molecular formula is C15H21N3O. The second kappa shape index (κ2) is 5.53. The molecule has 1 atom stereocenters. The van der Waals surface area contributed by atoms with Crippen LogP contribution in [0, 0.1) is 13.8 Å². The fourth-order valence-corrected chi connectivity index (χ4v) is 2.34. The molecule has 0 aliphatic rings. The molecule has 0 fully saturated rings. The number of benzene rings is 1. The predicted octanol–water partition coefficient (Wildman–Crippen LogP) is 2.75. The van der Waals surface area contributed by atoms with E-state index in [0.29, 0.717) is 6.42 Å². The van der Waals surface area contributed by atoms with E-state index in [1.165, 1.54) is 11.1 Å². The Hall–Kier alpha value is -1.68. The van der Waals surface area contributed by atoms with Gasteiger partial charge in [0.2, 0.25) is 0 Å². The number of aryl methyl sites for hydroxylation is 2. The average Bonchev–Trinajstić information content (AvgIpc) is 2.75. The molecule has 1 unspecified atom stereocenters. The summed E-state index contributed by atoms with van der Waals surface area (Å²) in [5.41, 5.74) is 3.27. The Labute approximate surface area is 114 Å². The van der Waals surface area contributed by atoms with E-state index in [9.17, 15) is 5.11 Å². The topological polar surface area (TPSA) is 50.9 Å². The molecule has 19 heavy (non-hydrogen) atoms. The van der Waals surface area contributed by atoms with Gasteiger partial charge in [0.25, 0.3) is 0 Å². The number of hydrogen-bond donors (Lipinski definition) is 1. The summed E-state index contributed by atoms with van der Waals surface area (Å²) in [5, 5.41) is 14.6. The molecule has 0 aliphatic heterocycles. The summed E-state index contributed by atoms with van der Waals surface area (Å²) in [5.74, 6) is 0.821. The summed E-state index contributed by atoms with van der Waals surface area (Å²) >= 11 is 0. The molecular weight excluding hydrogens is 238 g/mol. The molecule has 1 aromatic heterocycles. The first-order valence-electron chi connectivity index (χ1n) is 6.62. The standard InChI is InChI=1S/C15H21N3O/c1-10(2)18-15(16-9-17-18)8-14(19)13-6-11(3)5-12(4)7-13/h5-7,9-10,14,19H,8H2,1-4H3. The minimum absolute atomic E-state index is 0.254. The lowest BCUT2D eigenvalue weighted by molar-refractivity contribution is 0.173. The summed E-state index contributed by atoms with van der Waals surface area (Å²) in [6, 6.07) is 6.40. The van der Waals surface area contributed by atoms with Crippen molar-refractivity contribution in [3.05, 3.63) is 47.0 Å². The summed E-state index contributed by atoms with van der Waals surface area (Å²) in [6.45, 7) is 8.20. The lowest BCUT2D eigenvalue weighted by atomic mass is 10.0. The smallest absolute Gasteiger partial charge is 0.138 e. The number of aliphatic hydroxyl groups is 1. The summed E-state index contributed by atoms with van der Waals surface area (Å²) in [7, 11) is 0. The van der Waals surface area contributed by atoms with Gasteiger partial charge in [-0.15, -0.1) is 0 Å². The fraction of sp³-hybridized carbons (Fsp3) is 0.467. The van der Waals surface area contributed by atoms with E-state index in [1.54, 1.807) is 6.33 Å². The summed E-state index contributed by atoms with van der Waals surface area (Å²) in [4.78, 5) is 4.24. The Morgan fingerprint density at radius 3 is 2.37 bits per heavy atom. The first-order chi connectivity index (χ1) is 8.97. The van der Waals surface area contributed by atoms with Crippen molar-refractivity contribution in [2.75, 3.05) is 0 Å². The van der Waals surface area contributed by atoms with Crippen LogP contribution in [0.1, 0.15) is 48.5 Å². The third kappa shape index (κ3) is 3.20. The number of rotatable bonds is 4. The Balaban J connectivity index is 2.20. The van der Waals surface area contributed by atoms with E-state index in [1.807, 2.05) is 30.7 Å². The van der Waals surface area contributed by atoms with Gasteiger partial charge in [-0.2, -0.15) is 5.10 Å². The highest BCUT2D eigenvalue weighted by atomic mass is 16.3. The summed E-state index contributed by atoms with van der Waals surface area (Å²) in [6.07, 6.45) is 1.49. The molecule has 102 valence electrons. The Morgan fingerprint density at radius 1 is 1.16 bits per heavy atom. The van der Waals surface area contributed by atoms with Gasteiger partial charge >= 0.3 is 0 Å². The van der Waals surface area contributed by atoms with Gasteiger partial charge in [0.1, 0.15) is 12.2 Å². The SMILES string of the molecule is Cc1cc(C)cc(C(O)Cc2ncnn2C(C)C)c1.